The zero-order chi connectivity index (χ0) is 13.3. The van der Waals surface area contributed by atoms with Crippen molar-refractivity contribution in [1.82, 2.24) is 0 Å². The molecule has 2 atom stereocenters. The SMILES string of the molecule is CC(C)C(C)(C)[Si](C)(C)OC[C@H]1CC=C[C@H]1O. The molecule has 0 aliphatic heterocycles. The van der Waals surface area contributed by atoms with Gasteiger partial charge in [0.05, 0.1) is 6.10 Å². The summed E-state index contributed by atoms with van der Waals surface area (Å²) in [6.07, 6.45) is 4.59. The predicted octanol–water partition coefficient (Wildman–Crippen LogP) is 3.58. The van der Waals surface area contributed by atoms with Crippen molar-refractivity contribution in [2.75, 3.05) is 6.61 Å². The molecule has 100 valence electrons. The van der Waals surface area contributed by atoms with Crippen molar-refractivity contribution in [2.45, 2.75) is 58.4 Å². The van der Waals surface area contributed by atoms with Gasteiger partial charge in [-0.3, -0.25) is 0 Å². The van der Waals surface area contributed by atoms with Gasteiger partial charge in [-0.1, -0.05) is 39.8 Å². The van der Waals surface area contributed by atoms with Gasteiger partial charge in [-0.15, -0.1) is 0 Å². The number of allylic oxidation sites excluding steroid dienone is 1. The van der Waals surface area contributed by atoms with Crippen LogP contribution in [0.25, 0.3) is 0 Å². The normalized spacial score (nSPS) is 25.9. The van der Waals surface area contributed by atoms with Crippen LogP contribution in [0.3, 0.4) is 0 Å². The lowest BCUT2D eigenvalue weighted by Gasteiger charge is -2.43. The molecule has 0 heterocycles. The Kier molecular flexibility index (Phi) is 4.61. The molecule has 2 nitrogen and oxygen atoms in total. The van der Waals surface area contributed by atoms with E-state index in [0.717, 1.165) is 6.42 Å². The summed E-state index contributed by atoms with van der Waals surface area (Å²) in [7, 11) is -1.73. The Labute approximate surface area is 107 Å². The van der Waals surface area contributed by atoms with Crippen molar-refractivity contribution >= 4 is 8.32 Å². The molecule has 0 spiro atoms. The minimum atomic E-state index is -1.73. The second-order valence-corrected chi connectivity index (χ2v) is 11.2. The maximum atomic E-state index is 9.75. The molecule has 0 aromatic heterocycles. The minimum Gasteiger partial charge on any atom is -0.416 e. The van der Waals surface area contributed by atoms with Gasteiger partial charge >= 0.3 is 0 Å². The molecular weight excluding hydrogens is 228 g/mol. The second kappa shape index (κ2) is 5.25. The fourth-order valence-corrected chi connectivity index (χ4v) is 4.45. The number of rotatable bonds is 5. The van der Waals surface area contributed by atoms with Gasteiger partial charge in [0.1, 0.15) is 0 Å². The average Bonchev–Trinajstić information content (AvgIpc) is 2.60. The summed E-state index contributed by atoms with van der Waals surface area (Å²) >= 11 is 0. The third-order valence-electron chi connectivity index (χ3n) is 4.91. The van der Waals surface area contributed by atoms with Crippen LogP contribution in [0.2, 0.25) is 18.1 Å². The first-order chi connectivity index (χ1) is 7.68. The molecule has 17 heavy (non-hydrogen) atoms. The van der Waals surface area contributed by atoms with Crippen LogP contribution in [0.4, 0.5) is 0 Å². The Morgan fingerprint density at radius 1 is 1.41 bits per heavy atom. The molecule has 1 rings (SSSR count). The molecule has 1 N–H and O–H groups in total. The van der Waals surface area contributed by atoms with Crippen molar-refractivity contribution in [2.24, 2.45) is 11.8 Å². The van der Waals surface area contributed by atoms with Crippen LogP contribution in [0.1, 0.15) is 34.1 Å². The Morgan fingerprint density at radius 3 is 2.41 bits per heavy atom. The highest BCUT2D eigenvalue weighted by Crippen LogP contribution is 2.44. The standard InChI is InChI=1S/C14H28O2Si/c1-11(2)14(3,4)17(5,6)16-10-12-8-7-9-13(12)15/h7,9,11-13,15H,8,10H2,1-6H3/t12-,13-/m1/s1. The largest absolute Gasteiger partial charge is 0.416 e. The molecule has 3 heteroatoms. The molecule has 0 amide bonds. The van der Waals surface area contributed by atoms with E-state index in [1.165, 1.54) is 0 Å². The van der Waals surface area contributed by atoms with E-state index in [1.807, 2.05) is 6.08 Å². The van der Waals surface area contributed by atoms with E-state index in [4.69, 9.17) is 4.43 Å². The lowest BCUT2D eigenvalue weighted by molar-refractivity contribution is 0.113. The lowest BCUT2D eigenvalue weighted by atomic mass is 9.99. The summed E-state index contributed by atoms with van der Waals surface area (Å²) in [5.41, 5.74) is 0. The highest BCUT2D eigenvalue weighted by atomic mass is 28.4. The van der Waals surface area contributed by atoms with Gasteiger partial charge in [0, 0.05) is 12.5 Å². The van der Waals surface area contributed by atoms with Crippen molar-refractivity contribution < 1.29 is 9.53 Å². The first-order valence-electron chi connectivity index (χ1n) is 6.67. The molecule has 1 aliphatic rings. The molecule has 0 unspecified atom stereocenters. The van der Waals surface area contributed by atoms with Crippen molar-refractivity contribution in [3.05, 3.63) is 12.2 Å². The van der Waals surface area contributed by atoms with Crippen molar-refractivity contribution in [3.8, 4) is 0 Å². The van der Waals surface area contributed by atoms with Crippen LogP contribution >= 0.6 is 0 Å². The Morgan fingerprint density at radius 2 is 2.00 bits per heavy atom. The summed E-state index contributed by atoms with van der Waals surface area (Å²) in [6.45, 7) is 14.4. The topological polar surface area (TPSA) is 29.5 Å². The summed E-state index contributed by atoms with van der Waals surface area (Å²) in [5, 5.41) is 10.0. The van der Waals surface area contributed by atoms with Crippen LogP contribution in [0.15, 0.2) is 12.2 Å². The van der Waals surface area contributed by atoms with Crippen LogP contribution in [0.5, 0.6) is 0 Å². The molecule has 0 radical (unpaired) electrons. The van der Waals surface area contributed by atoms with E-state index in [-0.39, 0.29) is 17.1 Å². The molecular formula is C14H28O2Si. The van der Waals surface area contributed by atoms with E-state index in [1.54, 1.807) is 0 Å². The maximum Gasteiger partial charge on any atom is 0.192 e. The third kappa shape index (κ3) is 3.21. The molecule has 0 aromatic rings. The summed E-state index contributed by atoms with van der Waals surface area (Å²) < 4.78 is 6.25. The van der Waals surface area contributed by atoms with E-state index in [0.29, 0.717) is 12.5 Å². The van der Waals surface area contributed by atoms with Crippen LogP contribution in [0, 0.1) is 11.8 Å². The molecule has 0 saturated heterocycles. The number of hydrogen-bond acceptors (Lipinski definition) is 2. The highest BCUT2D eigenvalue weighted by molar-refractivity contribution is 6.74. The zero-order valence-electron chi connectivity index (χ0n) is 12.2. The Hall–Kier alpha value is -0.123. The van der Waals surface area contributed by atoms with Crippen LogP contribution in [-0.2, 0) is 4.43 Å². The molecule has 0 bridgehead atoms. The van der Waals surface area contributed by atoms with Gasteiger partial charge in [0.15, 0.2) is 8.32 Å². The summed E-state index contributed by atoms with van der Waals surface area (Å²) in [6, 6.07) is 0. The third-order valence-corrected chi connectivity index (χ3v) is 9.48. The highest BCUT2D eigenvalue weighted by Gasteiger charge is 2.43. The number of hydrogen-bond donors (Lipinski definition) is 1. The average molecular weight is 256 g/mol. The van der Waals surface area contributed by atoms with E-state index in [2.05, 4.69) is 46.9 Å². The van der Waals surface area contributed by atoms with Crippen molar-refractivity contribution in [1.29, 1.82) is 0 Å². The van der Waals surface area contributed by atoms with Gasteiger partial charge in [-0.2, -0.15) is 0 Å². The first kappa shape index (κ1) is 14.9. The van der Waals surface area contributed by atoms with Gasteiger partial charge in [-0.05, 0) is 30.5 Å². The first-order valence-corrected chi connectivity index (χ1v) is 9.58. The lowest BCUT2D eigenvalue weighted by Crippen LogP contribution is -2.46. The van der Waals surface area contributed by atoms with Crippen molar-refractivity contribution in [3.63, 3.8) is 0 Å². The fraction of sp³-hybridized carbons (Fsp3) is 0.857. The predicted molar refractivity (Wildman–Crippen MR) is 75.6 cm³/mol. The fourth-order valence-electron chi connectivity index (χ4n) is 2.05. The van der Waals surface area contributed by atoms with Crippen LogP contribution in [-0.4, -0.2) is 26.1 Å². The van der Waals surface area contributed by atoms with Crippen LogP contribution < -0.4 is 0 Å². The van der Waals surface area contributed by atoms with Gasteiger partial charge in [0.25, 0.3) is 0 Å². The molecule has 0 saturated carbocycles. The molecule has 1 aliphatic carbocycles. The Balaban J connectivity index is 2.55. The number of aliphatic hydroxyl groups is 1. The quantitative estimate of drug-likeness (QED) is 0.602. The zero-order valence-corrected chi connectivity index (χ0v) is 13.2. The van der Waals surface area contributed by atoms with E-state index < -0.39 is 8.32 Å². The van der Waals surface area contributed by atoms with Gasteiger partial charge < -0.3 is 9.53 Å². The second-order valence-electron chi connectivity index (χ2n) is 6.61. The monoisotopic (exact) mass is 256 g/mol. The van der Waals surface area contributed by atoms with E-state index in [9.17, 15) is 5.11 Å². The summed E-state index contributed by atoms with van der Waals surface area (Å²) in [4.78, 5) is 0. The van der Waals surface area contributed by atoms with Gasteiger partial charge in [0.2, 0.25) is 0 Å². The summed E-state index contributed by atoms with van der Waals surface area (Å²) in [5.74, 6) is 0.889. The molecule has 0 fully saturated rings. The van der Waals surface area contributed by atoms with E-state index >= 15 is 0 Å². The maximum absolute atomic E-state index is 9.75. The smallest absolute Gasteiger partial charge is 0.192 e. The number of aliphatic hydroxyl groups excluding tert-OH is 1. The molecule has 0 aromatic carbocycles. The Bertz CT molecular complexity index is 282. The van der Waals surface area contributed by atoms with Gasteiger partial charge in [-0.25, -0.2) is 0 Å². The minimum absolute atomic E-state index is 0.254.